The Labute approximate surface area is 290 Å². The Balaban J connectivity index is 2.58. The predicted molar refractivity (Wildman–Crippen MR) is 189 cm³/mol. The van der Waals surface area contributed by atoms with Gasteiger partial charge in [0.15, 0.2) is 5.79 Å². The van der Waals surface area contributed by atoms with E-state index in [2.05, 4.69) is 27.7 Å². The summed E-state index contributed by atoms with van der Waals surface area (Å²) in [5.74, 6) is -2.75. The zero-order valence-corrected chi connectivity index (χ0v) is 31.9. The van der Waals surface area contributed by atoms with Gasteiger partial charge < -0.3 is 38.6 Å². The second kappa shape index (κ2) is 19.4. The lowest BCUT2D eigenvalue weighted by Gasteiger charge is -2.52. The number of esters is 1. The van der Waals surface area contributed by atoms with Gasteiger partial charge in [-0.2, -0.15) is 0 Å². The molecule has 9 heteroatoms. The Morgan fingerprint density at radius 2 is 1.73 bits per heavy atom. The number of rotatable bonds is 11. The van der Waals surface area contributed by atoms with Crippen molar-refractivity contribution in [2.75, 3.05) is 27.9 Å². The number of cyclic esters (lactones) is 1. The SMILES string of the molecule is CCCO[C@@H]1C[C@](OC)([C@@H](C)[C@H](O)[C@H](C)[C@H]2OC(=O)/C(OC)=C/C(C)=C/[C@@H](C)[C@@H](O)[C@@H](C)C/C(C)=C/C=C/[C@@H]2OC)O[C@H](C(C)C)[C@H]1C. The first-order valence-electron chi connectivity index (χ1n) is 17.8. The number of ether oxygens (including phenoxy) is 6. The Bertz CT molecular complexity index is 1130. The topological polar surface area (TPSA) is 113 Å². The standard InChI is InChI=1S/C39H66O9/c1-14-18-46-33-22-39(45-13,48-36(23(2)3)28(33)8)30(10)35(41)29(9)37-31(43-11)17-15-16-24(4)19-26(6)34(40)27(7)20-25(5)21-32(44-12)38(42)47-37/h15-17,20-21,23,26-31,33-37,40-41H,14,18-19,22H2,1-13H3/b17-15+,24-16+,25-20+,32-21-/t26-,27+,28-,29-,30-,31-,33+,34-,35+,36+,37+,39+/m0/s1. The van der Waals surface area contributed by atoms with Crippen LogP contribution in [0.1, 0.15) is 88.5 Å². The zero-order valence-electron chi connectivity index (χ0n) is 31.9. The summed E-state index contributed by atoms with van der Waals surface area (Å²) in [5.41, 5.74) is 1.85. The van der Waals surface area contributed by atoms with Crippen LogP contribution in [0.25, 0.3) is 0 Å². The van der Waals surface area contributed by atoms with Crippen LogP contribution in [0, 0.1) is 35.5 Å². The molecule has 0 unspecified atom stereocenters. The van der Waals surface area contributed by atoms with Crippen LogP contribution in [0.2, 0.25) is 0 Å². The number of hydrogen-bond acceptors (Lipinski definition) is 9. The van der Waals surface area contributed by atoms with Crippen LogP contribution in [0.4, 0.5) is 0 Å². The van der Waals surface area contributed by atoms with E-state index in [0.717, 1.165) is 17.6 Å². The Kier molecular flexibility index (Phi) is 17.0. The number of methoxy groups -OCH3 is 3. The third-order valence-electron chi connectivity index (χ3n) is 10.3. The lowest BCUT2D eigenvalue weighted by Crippen LogP contribution is -2.60. The molecule has 9 nitrogen and oxygen atoms in total. The highest BCUT2D eigenvalue weighted by Gasteiger charge is 2.53. The zero-order chi connectivity index (χ0) is 36.3. The van der Waals surface area contributed by atoms with E-state index < -0.39 is 48.0 Å². The highest BCUT2D eigenvalue weighted by atomic mass is 16.7. The molecule has 0 spiro atoms. The maximum absolute atomic E-state index is 13.7. The fourth-order valence-corrected chi connectivity index (χ4v) is 7.30. The predicted octanol–water partition coefficient (Wildman–Crippen LogP) is 6.78. The summed E-state index contributed by atoms with van der Waals surface area (Å²) in [6.45, 7) is 20.8. The molecule has 1 saturated heterocycles. The second-order valence-corrected chi connectivity index (χ2v) is 14.6. The molecule has 0 aromatic carbocycles. The van der Waals surface area contributed by atoms with E-state index in [9.17, 15) is 15.0 Å². The first-order chi connectivity index (χ1) is 22.6. The smallest absolute Gasteiger partial charge is 0.373 e. The van der Waals surface area contributed by atoms with Gasteiger partial charge in [0.1, 0.15) is 12.2 Å². The van der Waals surface area contributed by atoms with Gasteiger partial charge in [0, 0.05) is 50.9 Å². The molecule has 12 atom stereocenters. The number of carbonyl (C=O) groups excluding carboxylic acids is 1. The summed E-state index contributed by atoms with van der Waals surface area (Å²) in [4.78, 5) is 13.7. The van der Waals surface area contributed by atoms with Gasteiger partial charge in [0.25, 0.3) is 0 Å². The lowest BCUT2D eigenvalue weighted by atomic mass is 9.76. The molecule has 2 aliphatic heterocycles. The molecule has 0 bridgehead atoms. The van der Waals surface area contributed by atoms with Crippen molar-refractivity contribution in [3.8, 4) is 0 Å². The molecule has 2 aliphatic rings. The van der Waals surface area contributed by atoms with Crippen molar-refractivity contribution in [3.05, 3.63) is 47.3 Å². The van der Waals surface area contributed by atoms with Gasteiger partial charge in [-0.05, 0) is 44.6 Å². The molecule has 48 heavy (non-hydrogen) atoms. The number of aliphatic hydroxyl groups excluding tert-OH is 2. The van der Waals surface area contributed by atoms with Gasteiger partial charge in [-0.25, -0.2) is 4.79 Å². The average Bonchev–Trinajstić information content (AvgIpc) is 3.05. The van der Waals surface area contributed by atoms with Crippen LogP contribution in [0.3, 0.4) is 0 Å². The van der Waals surface area contributed by atoms with Crippen molar-refractivity contribution in [3.63, 3.8) is 0 Å². The number of carbonyl (C=O) groups is 1. The average molecular weight is 679 g/mol. The van der Waals surface area contributed by atoms with Gasteiger partial charge in [-0.15, -0.1) is 0 Å². The third-order valence-corrected chi connectivity index (χ3v) is 10.3. The molecule has 0 aliphatic carbocycles. The molecule has 2 N–H and O–H groups in total. The molecule has 0 aromatic heterocycles. The highest BCUT2D eigenvalue weighted by molar-refractivity contribution is 5.87. The molecule has 2 rings (SSSR count). The van der Waals surface area contributed by atoms with Crippen molar-refractivity contribution in [1.29, 1.82) is 0 Å². The van der Waals surface area contributed by atoms with Gasteiger partial charge in [0.05, 0.1) is 31.5 Å². The normalized spacial score (nSPS) is 38.8. The van der Waals surface area contributed by atoms with Crippen LogP contribution in [-0.4, -0.2) is 86.5 Å². The molecular weight excluding hydrogens is 612 g/mol. The van der Waals surface area contributed by atoms with Gasteiger partial charge in [0.2, 0.25) is 5.76 Å². The number of aliphatic hydroxyl groups is 2. The molecular formula is C39H66O9. The summed E-state index contributed by atoms with van der Waals surface area (Å²) >= 11 is 0. The maximum atomic E-state index is 13.7. The summed E-state index contributed by atoms with van der Waals surface area (Å²) in [7, 11) is 4.59. The molecule has 1 fully saturated rings. The minimum absolute atomic E-state index is 0.00791. The van der Waals surface area contributed by atoms with Crippen molar-refractivity contribution in [2.45, 2.75) is 131 Å². The van der Waals surface area contributed by atoms with E-state index in [4.69, 9.17) is 28.4 Å². The van der Waals surface area contributed by atoms with Gasteiger partial charge in [-0.1, -0.05) is 90.8 Å². The van der Waals surface area contributed by atoms with Crippen molar-refractivity contribution in [2.24, 2.45) is 35.5 Å². The first-order valence-corrected chi connectivity index (χ1v) is 17.8. The highest BCUT2D eigenvalue weighted by Crippen LogP contribution is 2.44. The summed E-state index contributed by atoms with van der Waals surface area (Å²) in [5, 5.41) is 23.1. The second-order valence-electron chi connectivity index (χ2n) is 14.6. The summed E-state index contributed by atoms with van der Waals surface area (Å²) in [6, 6.07) is 0. The van der Waals surface area contributed by atoms with Crippen molar-refractivity contribution in [1.82, 2.24) is 0 Å². The summed E-state index contributed by atoms with van der Waals surface area (Å²) in [6.07, 6.45) is 7.85. The molecule has 0 saturated carbocycles. The maximum Gasteiger partial charge on any atom is 0.373 e. The van der Waals surface area contributed by atoms with Crippen molar-refractivity contribution < 1.29 is 43.4 Å². The number of allylic oxidation sites excluding steroid dienone is 5. The molecule has 2 heterocycles. The molecule has 0 aromatic rings. The third kappa shape index (κ3) is 10.7. The van der Waals surface area contributed by atoms with Crippen LogP contribution in [-0.2, 0) is 33.2 Å². The Hall–Kier alpha value is -2.01. The van der Waals surface area contributed by atoms with Crippen LogP contribution in [0.15, 0.2) is 47.3 Å². The number of hydrogen-bond donors (Lipinski definition) is 2. The van der Waals surface area contributed by atoms with E-state index in [0.29, 0.717) is 19.4 Å². The molecule has 0 amide bonds. The minimum atomic E-state index is -1.13. The first kappa shape index (κ1) is 42.2. The fraction of sp³-hybridized carbons (Fsp3) is 0.769. The van der Waals surface area contributed by atoms with Crippen LogP contribution >= 0.6 is 0 Å². The van der Waals surface area contributed by atoms with Gasteiger partial charge >= 0.3 is 5.97 Å². The quantitative estimate of drug-likeness (QED) is 0.228. The van der Waals surface area contributed by atoms with E-state index in [1.165, 1.54) is 7.11 Å². The Morgan fingerprint density at radius 3 is 2.29 bits per heavy atom. The minimum Gasteiger partial charge on any atom is -0.490 e. The Morgan fingerprint density at radius 1 is 1.06 bits per heavy atom. The van der Waals surface area contributed by atoms with Crippen LogP contribution in [0.5, 0.6) is 0 Å². The largest absolute Gasteiger partial charge is 0.490 e. The lowest BCUT2D eigenvalue weighted by molar-refractivity contribution is -0.342. The van der Waals surface area contributed by atoms with Crippen LogP contribution < -0.4 is 0 Å². The van der Waals surface area contributed by atoms with Gasteiger partial charge in [-0.3, -0.25) is 0 Å². The van der Waals surface area contributed by atoms with E-state index in [-0.39, 0.29) is 41.6 Å². The monoisotopic (exact) mass is 678 g/mol. The van der Waals surface area contributed by atoms with E-state index in [1.54, 1.807) is 20.3 Å². The fourth-order valence-electron chi connectivity index (χ4n) is 7.30. The molecule has 276 valence electrons. The molecule has 0 radical (unpaired) electrons. The van der Waals surface area contributed by atoms with E-state index >= 15 is 0 Å². The van der Waals surface area contributed by atoms with Crippen molar-refractivity contribution >= 4 is 5.97 Å². The summed E-state index contributed by atoms with van der Waals surface area (Å²) < 4.78 is 36.8. The van der Waals surface area contributed by atoms with E-state index in [1.807, 2.05) is 65.8 Å².